The molecule has 0 N–H and O–H groups in total. The highest BCUT2D eigenvalue weighted by molar-refractivity contribution is 7.22. The first-order valence-electron chi connectivity index (χ1n) is 7.72. The molecule has 0 saturated carbocycles. The van der Waals surface area contributed by atoms with Crippen molar-refractivity contribution in [3.05, 3.63) is 50.9 Å². The van der Waals surface area contributed by atoms with Crippen LogP contribution in [0.5, 0.6) is 0 Å². The van der Waals surface area contributed by atoms with Gasteiger partial charge < -0.3 is 4.90 Å². The van der Waals surface area contributed by atoms with Gasteiger partial charge in [-0.25, -0.2) is 13.8 Å². The molecule has 0 aliphatic carbocycles. The molecule has 2 heterocycles. The van der Waals surface area contributed by atoms with Crippen LogP contribution in [0.4, 0.5) is 18.9 Å². The summed E-state index contributed by atoms with van der Waals surface area (Å²) in [7, 11) is 3.65. The molecule has 0 bridgehead atoms. The number of amides is 1. The van der Waals surface area contributed by atoms with Gasteiger partial charge in [0.1, 0.15) is 11.3 Å². The molecule has 0 radical (unpaired) electrons. The van der Waals surface area contributed by atoms with Crippen LogP contribution in [0.1, 0.15) is 9.67 Å². The lowest BCUT2D eigenvalue weighted by atomic mass is 10.3. The zero-order valence-electron chi connectivity index (χ0n) is 14.7. The van der Waals surface area contributed by atoms with Gasteiger partial charge in [-0.3, -0.25) is 19.8 Å². The highest BCUT2D eigenvalue weighted by atomic mass is 35.5. The van der Waals surface area contributed by atoms with Crippen LogP contribution in [-0.2, 0) is 0 Å². The molecular weight excluding hydrogens is 434 g/mol. The molecule has 2 aromatic heterocycles. The van der Waals surface area contributed by atoms with Crippen LogP contribution in [0.15, 0.2) is 24.3 Å². The fourth-order valence-corrected chi connectivity index (χ4v) is 4.12. The lowest BCUT2D eigenvalue weighted by Gasteiger charge is -2.21. The first-order chi connectivity index (χ1) is 12.8. The number of thiophene rings is 1. The van der Waals surface area contributed by atoms with E-state index in [9.17, 15) is 23.7 Å². The number of fused-ring (bicyclic) bond motifs is 1. The molecular formula is C16H15ClF2N4O3S2. The molecule has 0 unspecified atom stereocenters. The Bertz CT molecular complexity index is 1020. The van der Waals surface area contributed by atoms with Crippen molar-refractivity contribution in [1.29, 1.82) is 0 Å². The normalized spacial score (nSPS) is 10.9. The van der Waals surface area contributed by atoms with Gasteiger partial charge in [0.05, 0.1) is 14.5 Å². The second-order valence-electron chi connectivity index (χ2n) is 5.89. The van der Waals surface area contributed by atoms with Crippen LogP contribution in [0, 0.1) is 21.7 Å². The summed E-state index contributed by atoms with van der Waals surface area (Å²) in [4.78, 5) is 30.7. The molecule has 1 aromatic carbocycles. The zero-order valence-corrected chi connectivity index (χ0v) is 17.2. The summed E-state index contributed by atoms with van der Waals surface area (Å²) in [6, 6.07) is 4.53. The number of hydrogen-bond acceptors (Lipinski definition) is 7. The number of nitrogens with zero attached hydrogens (tertiary/aromatic N) is 4. The van der Waals surface area contributed by atoms with Crippen molar-refractivity contribution in [1.82, 2.24) is 9.88 Å². The van der Waals surface area contributed by atoms with E-state index in [0.29, 0.717) is 6.54 Å². The number of nitro groups is 1. The molecule has 0 aliphatic heterocycles. The van der Waals surface area contributed by atoms with E-state index in [2.05, 4.69) is 4.98 Å². The predicted octanol–water partition coefficient (Wildman–Crippen LogP) is 4.17. The maximum absolute atomic E-state index is 14.0. The summed E-state index contributed by atoms with van der Waals surface area (Å²) in [5.41, 5.74) is -0.0174. The van der Waals surface area contributed by atoms with Gasteiger partial charge in [-0.15, -0.1) is 12.4 Å². The molecule has 0 fully saturated rings. The molecule has 0 spiro atoms. The first-order valence-corrected chi connectivity index (χ1v) is 9.36. The smallest absolute Gasteiger partial charge is 0.308 e. The van der Waals surface area contributed by atoms with E-state index in [-0.39, 0.29) is 44.2 Å². The lowest BCUT2D eigenvalue weighted by molar-refractivity contribution is -0.380. The molecule has 12 heteroatoms. The Labute approximate surface area is 172 Å². The fourth-order valence-electron chi connectivity index (χ4n) is 2.32. The van der Waals surface area contributed by atoms with Gasteiger partial charge in [0.15, 0.2) is 10.9 Å². The lowest BCUT2D eigenvalue weighted by Crippen LogP contribution is -2.36. The summed E-state index contributed by atoms with van der Waals surface area (Å²) in [6.45, 7) is 0.730. The van der Waals surface area contributed by atoms with Crippen LogP contribution < -0.4 is 4.90 Å². The monoisotopic (exact) mass is 448 g/mol. The number of halogens is 3. The third-order valence-corrected chi connectivity index (χ3v) is 5.68. The molecule has 28 heavy (non-hydrogen) atoms. The third kappa shape index (κ3) is 4.61. The average molecular weight is 449 g/mol. The summed E-state index contributed by atoms with van der Waals surface area (Å²) in [5.74, 6) is -2.01. The summed E-state index contributed by atoms with van der Waals surface area (Å²) in [5, 5.41) is 10.9. The minimum absolute atomic E-state index is 0. The number of likely N-dealkylation sites (N-methyl/N-ethyl adjacent to an activating group) is 1. The van der Waals surface area contributed by atoms with Gasteiger partial charge in [-0.2, -0.15) is 0 Å². The van der Waals surface area contributed by atoms with E-state index in [1.54, 1.807) is 0 Å². The van der Waals surface area contributed by atoms with Crippen molar-refractivity contribution in [3.63, 3.8) is 0 Å². The van der Waals surface area contributed by atoms with Gasteiger partial charge in [-0.05, 0) is 26.2 Å². The van der Waals surface area contributed by atoms with Crippen LogP contribution in [0.25, 0.3) is 10.2 Å². The highest BCUT2D eigenvalue weighted by Gasteiger charge is 2.25. The summed E-state index contributed by atoms with van der Waals surface area (Å²) in [6.07, 6.45) is 0. The number of benzene rings is 1. The van der Waals surface area contributed by atoms with Crippen molar-refractivity contribution < 1.29 is 18.5 Å². The summed E-state index contributed by atoms with van der Waals surface area (Å²) >= 11 is 1.75. The molecule has 1 amide bonds. The standard InChI is InChI=1S/C16H14F2N4O3S2.ClH/c1-20(2)5-6-21(15(23)11-3-4-13(26-11)22(24)25)16-19-14-10(18)7-9(17)8-12(14)27-16;/h3-4,7-8H,5-6H2,1-2H3;1H. The fraction of sp³-hybridized carbons (Fsp3) is 0.250. The molecule has 3 rings (SSSR count). The topological polar surface area (TPSA) is 79.6 Å². The van der Waals surface area contributed by atoms with Crippen molar-refractivity contribution >= 4 is 61.3 Å². The SMILES string of the molecule is CN(C)CCN(C(=O)c1ccc([N+](=O)[O-])s1)c1nc2c(F)cc(F)cc2s1.Cl. The second-order valence-corrected chi connectivity index (χ2v) is 7.96. The number of carbonyl (C=O) groups excluding carboxylic acids is 1. The Morgan fingerprint density at radius 2 is 1.93 bits per heavy atom. The van der Waals surface area contributed by atoms with Crippen LogP contribution in [0.3, 0.4) is 0 Å². The van der Waals surface area contributed by atoms with E-state index < -0.39 is 22.5 Å². The van der Waals surface area contributed by atoms with Gasteiger partial charge in [0.2, 0.25) is 0 Å². The van der Waals surface area contributed by atoms with E-state index in [1.807, 2.05) is 19.0 Å². The molecule has 0 saturated heterocycles. The Hall–Kier alpha value is -2.21. The largest absolute Gasteiger partial charge is 0.324 e. The summed E-state index contributed by atoms with van der Waals surface area (Å²) < 4.78 is 27.7. The van der Waals surface area contributed by atoms with Crippen molar-refractivity contribution in [2.24, 2.45) is 0 Å². The van der Waals surface area contributed by atoms with E-state index >= 15 is 0 Å². The van der Waals surface area contributed by atoms with Crippen LogP contribution in [-0.4, -0.2) is 47.9 Å². The first kappa shape index (κ1) is 22.1. The van der Waals surface area contributed by atoms with Gasteiger partial charge in [0.25, 0.3) is 5.91 Å². The number of aromatic nitrogens is 1. The van der Waals surface area contributed by atoms with Crippen molar-refractivity contribution in [3.8, 4) is 0 Å². The second kappa shape index (κ2) is 8.86. The number of hydrogen-bond donors (Lipinski definition) is 0. The predicted molar refractivity (Wildman–Crippen MR) is 108 cm³/mol. The Morgan fingerprint density at radius 1 is 1.21 bits per heavy atom. The Balaban J connectivity index is 0.00000280. The number of carbonyl (C=O) groups is 1. The van der Waals surface area contributed by atoms with E-state index in [1.165, 1.54) is 17.0 Å². The van der Waals surface area contributed by atoms with Gasteiger partial charge in [0, 0.05) is 25.2 Å². The van der Waals surface area contributed by atoms with Crippen LogP contribution in [0.2, 0.25) is 0 Å². The number of thiazole rings is 1. The quantitative estimate of drug-likeness (QED) is 0.417. The average Bonchev–Trinajstić information content (AvgIpc) is 3.21. The third-order valence-electron chi connectivity index (χ3n) is 3.63. The Kier molecular flexibility index (Phi) is 6.99. The van der Waals surface area contributed by atoms with E-state index in [0.717, 1.165) is 34.8 Å². The zero-order chi connectivity index (χ0) is 19.7. The van der Waals surface area contributed by atoms with Gasteiger partial charge in [-0.1, -0.05) is 22.7 Å². The molecule has 0 atom stereocenters. The molecule has 150 valence electrons. The van der Waals surface area contributed by atoms with E-state index in [4.69, 9.17) is 0 Å². The van der Waals surface area contributed by atoms with Crippen molar-refractivity contribution in [2.45, 2.75) is 0 Å². The molecule has 7 nitrogen and oxygen atoms in total. The van der Waals surface area contributed by atoms with Crippen LogP contribution >= 0.6 is 35.1 Å². The Morgan fingerprint density at radius 3 is 2.54 bits per heavy atom. The minimum Gasteiger partial charge on any atom is -0.308 e. The number of anilines is 1. The van der Waals surface area contributed by atoms with Crippen molar-refractivity contribution in [2.75, 3.05) is 32.1 Å². The molecule has 3 aromatic rings. The number of rotatable bonds is 6. The molecule has 0 aliphatic rings. The minimum atomic E-state index is -0.806. The maximum Gasteiger partial charge on any atom is 0.324 e. The highest BCUT2D eigenvalue weighted by Crippen LogP contribution is 2.33. The maximum atomic E-state index is 14.0. The van der Waals surface area contributed by atoms with Gasteiger partial charge >= 0.3 is 5.00 Å².